The fourth-order valence-corrected chi connectivity index (χ4v) is 2.91. The lowest BCUT2D eigenvalue weighted by Gasteiger charge is -2.24. The van der Waals surface area contributed by atoms with Crippen molar-refractivity contribution in [1.29, 1.82) is 5.26 Å². The van der Waals surface area contributed by atoms with Gasteiger partial charge >= 0.3 is 0 Å². The lowest BCUT2D eigenvalue weighted by molar-refractivity contribution is 0.636. The molecule has 0 aliphatic heterocycles. The van der Waals surface area contributed by atoms with Gasteiger partial charge in [-0.2, -0.15) is 5.26 Å². The van der Waals surface area contributed by atoms with Gasteiger partial charge < -0.3 is 4.90 Å². The lowest BCUT2D eigenvalue weighted by atomic mass is 10.1. The molecule has 1 aliphatic carbocycles. The average Bonchev–Trinajstić information content (AvgIpc) is 3.45. The molecule has 4 nitrogen and oxygen atoms in total. The minimum absolute atomic E-state index is 0.328. The third-order valence-electron chi connectivity index (χ3n) is 4.29. The maximum Gasteiger partial charge on any atom is 0.149 e. The Labute approximate surface area is 139 Å². The molecule has 5 heteroatoms. The number of nitriles is 1. The molecule has 0 radical (unpaired) electrons. The summed E-state index contributed by atoms with van der Waals surface area (Å²) in [4.78, 5) is 10.7. The van der Waals surface area contributed by atoms with Crippen molar-refractivity contribution < 1.29 is 4.39 Å². The molecular formula is C19H15FN4. The Bertz CT molecular complexity index is 926. The number of hydrogen-bond donors (Lipinski definition) is 0. The van der Waals surface area contributed by atoms with E-state index in [1.165, 1.54) is 12.4 Å². The zero-order valence-electron chi connectivity index (χ0n) is 13.0. The minimum atomic E-state index is -0.328. The fourth-order valence-electron chi connectivity index (χ4n) is 2.91. The van der Waals surface area contributed by atoms with E-state index < -0.39 is 0 Å². The van der Waals surface area contributed by atoms with Crippen molar-refractivity contribution in [3.63, 3.8) is 0 Å². The van der Waals surface area contributed by atoms with Gasteiger partial charge in [-0.3, -0.25) is 0 Å². The van der Waals surface area contributed by atoms with Crippen molar-refractivity contribution in [3.05, 3.63) is 65.7 Å². The molecule has 1 saturated carbocycles. The topological polar surface area (TPSA) is 52.8 Å². The molecule has 4 rings (SSSR count). The predicted octanol–water partition coefficient (Wildman–Crippen LogP) is 3.81. The summed E-state index contributed by atoms with van der Waals surface area (Å²) in [5, 5.41) is 9.65. The number of para-hydroxylation sites is 1. The monoisotopic (exact) mass is 318 g/mol. The summed E-state index contributed by atoms with van der Waals surface area (Å²) in [5.41, 5.74) is 2.10. The molecule has 0 unspecified atom stereocenters. The van der Waals surface area contributed by atoms with E-state index in [1.54, 1.807) is 6.07 Å². The summed E-state index contributed by atoms with van der Waals surface area (Å²) in [6.07, 6.45) is 3.64. The first-order chi connectivity index (χ1) is 11.8. The summed E-state index contributed by atoms with van der Waals surface area (Å²) in [7, 11) is 0. The molecule has 0 amide bonds. The number of aromatic nitrogens is 2. The minimum Gasteiger partial charge on any atom is -0.349 e. The van der Waals surface area contributed by atoms with Crippen LogP contribution in [0.5, 0.6) is 0 Å². The van der Waals surface area contributed by atoms with Gasteiger partial charge in [0.2, 0.25) is 0 Å². The van der Waals surface area contributed by atoms with Crippen LogP contribution in [0.4, 0.5) is 10.2 Å². The van der Waals surface area contributed by atoms with Crippen LogP contribution < -0.4 is 4.90 Å². The van der Waals surface area contributed by atoms with E-state index in [2.05, 4.69) is 20.9 Å². The summed E-state index contributed by atoms with van der Waals surface area (Å²) >= 11 is 0. The molecule has 24 heavy (non-hydrogen) atoms. The molecule has 0 atom stereocenters. The van der Waals surface area contributed by atoms with Crippen LogP contribution in [0.3, 0.4) is 0 Å². The smallest absolute Gasteiger partial charge is 0.149 e. The fraction of sp³-hybridized carbons (Fsp3) is 0.211. The molecule has 1 fully saturated rings. The van der Waals surface area contributed by atoms with Gasteiger partial charge in [0.15, 0.2) is 0 Å². The Balaban J connectivity index is 1.74. The summed E-state index contributed by atoms with van der Waals surface area (Å²) < 4.78 is 14.0. The number of anilines is 1. The van der Waals surface area contributed by atoms with Gasteiger partial charge in [0, 0.05) is 18.0 Å². The highest BCUT2D eigenvalue weighted by molar-refractivity contribution is 5.89. The first kappa shape index (κ1) is 14.6. The Kier molecular flexibility index (Phi) is 3.58. The summed E-state index contributed by atoms with van der Waals surface area (Å²) in [6, 6.07) is 15.1. The third-order valence-corrected chi connectivity index (χ3v) is 4.29. The van der Waals surface area contributed by atoms with Gasteiger partial charge in [-0.15, -0.1) is 0 Å². The van der Waals surface area contributed by atoms with Crippen molar-refractivity contribution in [1.82, 2.24) is 9.97 Å². The van der Waals surface area contributed by atoms with Crippen molar-refractivity contribution in [3.8, 4) is 6.07 Å². The van der Waals surface area contributed by atoms with Crippen molar-refractivity contribution in [2.75, 3.05) is 4.90 Å². The molecule has 1 heterocycles. The maximum absolute atomic E-state index is 14.0. The number of benzene rings is 2. The summed E-state index contributed by atoms with van der Waals surface area (Å²) in [5.74, 6) is 0.441. The SMILES string of the molecule is N#Cc1ccc(CN(c2ncnc3c(F)cccc23)C2CC2)cc1. The Morgan fingerprint density at radius 2 is 1.92 bits per heavy atom. The standard InChI is InChI=1S/C19H15FN4/c20-17-3-1-2-16-18(17)22-12-23-19(16)24(15-8-9-15)11-14-6-4-13(10-21)5-7-14/h1-7,12,15H,8-9,11H2. The highest BCUT2D eigenvalue weighted by Crippen LogP contribution is 2.35. The lowest BCUT2D eigenvalue weighted by Crippen LogP contribution is -2.26. The van der Waals surface area contributed by atoms with E-state index in [0.717, 1.165) is 29.6 Å². The highest BCUT2D eigenvalue weighted by atomic mass is 19.1. The van der Waals surface area contributed by atoms with Gasteiger partial charge in [0.25, 0.3) is 0 Å². The van der Waals surface area contributed by atoms with Gasteiger partial charge in [0.05, 0.1) is 11.6 Å². The molecular weight excluding hydrogens is 303 g/mol. The van der Waals surface area contributed by atoms with Crippen LogP contribution in [0, 0.1) is 17.1 Å². The van der Waals surface area contributed by atoms with Crippen LogP contribution in [0.1, 0.15) is 24.0 Å². The molecule has 118 valence electrons. The van der Waals surface area contributed by atoms with Crippen LogP contribution in [0.2, 0.25) is 0 Å². The second-order valence-electron chi connectivity index (χ2n) is 6.00. The first-order valence-electron chi connectivity index (χ1n) is 7.91. The van der Waals surface area contributed by atoms with E-state index in [9.17, 15) is 4.39 Å². The normalized spacial score (nSPS) is 13.7. The second-order valence-corrected chi connectivity index (χ2v) is 6.00. The van der Waals surface area contributed by atoms with Crippen LogP contribution in [0.15, 0.2) is 48.8 Å². The van der Waals surface area contributed by atoms with Gasteiger partial charge in [-0.25, -0.2) is 14.4 Å². The Morgan fingerprint density at radius 1 is 1.12 bits per heavy atom. The third kappa shape index (κ3) is 2.67. The van der Waals surface area contributed by atoms with Gasteiger partial charge in [-0.1, -0.05) is 18.2 Å². The molecule has 2 aromatic carbocycles. The van der Waals surface area contributed by atoms with E-state index in [4.69, 9.17) is 5.26 Å². The molecule has 1 aliphatic rings. The zero-order valence-corrected chi connectivity index (χ0v) is 13.0. The van der Waals surface area contributed by atoms with E-state index in [-0.39, 0.29) is 5.82 Å². The van der Waals surface area contributed by atoms with Gasteiger partial charge in [-0.05, 0) is 42.7 Å². The number of nitrogens with zero attached hydrogens (tertiary/aromatic N) is 4. The molecule has 0 bridgehead atoms. The second kappa shape index (κ2) is 5.89. The van der Waals surface area contributed by atoms with Crippen LogP contribution in [0.25, 0.3) is 10.9 Å². The number of halogens is 1. The molecule has 0 N–H and O–H groups in total. The summed E-state index contributed by atoms with van der Waals surface area (Å²) in [6.45, 7) is 0.680. The molecule has 0 saturated heterocycles. The largest absolute Gasteiger partial charge is 0.349 e. The average molecular weight is 318 g/mol. The maximum atomic E-state index is 14.0. The molecule has 0 spiro atoms. The van der Waals surface area contributed by atoms with E-state index in [0.29, 0.717) is 23.7 Å². The number of hydrogen-bond acceptors (Lipinski definition) is 4. The predicted molar refractivity (Wildman–Crippen MR) is 89.9 cm³/mol. The highest BCUT2D eigenvalue weighted by Gasteiger charge is 2.31. The van der Waals surface area contributed by atoms with Gasteiger partial charge in [0.1, 0.15) is 23.5 Å². The van der Waals surface area contributed by atoms with Crippen molar-refractivity contribution in [2.45, 2.75) is 25.4 Å². The van der Waals surface area contributed by atoms with Crippen LogP contribution in [-0.2, 0) is 6.54 Å². The molecule has 1 aromatic heterocycles. The number of fused-ring (bicyclic) bond motifs is 1. The van der Waals surface area contributed by atoms with Crippen molar-refractivity contribution >= 4 is 16.7 Å². The quantitative estimate of drug-likeness (QED) is 0.734. The first-order valence-corrected chi connectivity index (χ1v) is 7.91. The Morgan fingerprint density at radius 3 is 2.62 bits per heavy atom. The van der Waals surface area contributed by atoms with Crippen LogP contribution in [-0.4, -0.2) is 16.0 Å². The molecule has 3 aromatic rings. The zero-order chi connectivity index (χ0) is 16.5. The van der Waals surface area contributed by atoms with Crippen LogP contribution >= 0.6 is 0 Å². The Hall–Kier alpha value is -3.00. The number of rotatable bonds is 4. The van der Waals surface area contributed by atoms with E-state index >= 15 is 0 Å². The van der Waals surface area contributed by atoms with E-state index in [1.807, 2.05) is 30.3 Å². The van der Waals surface area contributed by atoms with Crippen molar-refractivity contribution in [2.24, 2.45) is 0 Å².